The zero-order valence-electron chi connectivity index (χ0n) is 20.3. The smallest absolute Gasteiger partial charge is 0.274 e. The molecule has 1 N–H and O–H groups in total. The summed E-state index contributed by atoms with van der Waals surface area (Å²) in [6, 6.07) is 12.2. The summed E-state index contributed by atoms with van der Waals surface area (Å²) in [5.74, 6) is 1.08. The maximum absolute atomic E-state index is 13.7. The molecule has 5 aromatic rings. The molecule has 36 heavy (non-hydrogen) atoms. The lowest BCUT2D eigenvalue weighted by atomic mass is 10.0. The molecule has 2 aromatic carbocycles. The molecule has 1 fully saturated rings. The van der Waals surface area contributed by atoms with Gasteiger partial charge >= 0.3 is 0 Å². The summed E-state index contributed by atoms with van der Waals surface area (Å²) in [7, 11) is 1.73. The molecule has 0 saturated heterocycles. The zero-order chi connectivity index (χ0) is 24.7. The molecule has 1 saturated carbocycles. The van der Waals surface area contributed by atoms with Crippen molar-refractivity contribution >= 4 is 33.4 Å². The molecule has 8 heteroatoms. The fourth-order valence-corrected chi connectivity index (χ4v) is 5.30. The number of amides is 1. The van der Waals surface area contributed by atoms with Gasteiger partial charge in [-0.05, 0) is 56.5 Å². The summed E-state index contributed by atoms with van der Waals surface area (Å²) in [5, 5.41) is 6.35. The monoisotopic (exact) mass is 479 g/mol. The number of aromatic nitrogens is 4. The van der Waals surface area contributed by atoms with Gasteiger partial charge in [0.15, 0.2) is 5.75 Å². The predicted octanol–water partition coefficient (Wildman–Crippen LogP) is 5.30. The third-order valence-electron chi connectivity index (χ3n) is 7.33. The number of benzene rings is 2. The summed E-state index contributed by atoms with van der Waals surface area (Å²) in [6.07, 6.45) is 5.95. The molecule has 7 rings (SSSR count). The van der Waals surface area contributed by atoms with Crippen LogP contribution < -0.4 is 15.2 Å². The van der Waals surface area contributed by atoms with Crippen LogP contribution in [0, 0.1) is 6.92 Å². The number of para-hydroxylation sites is 1. The molecule has 4 heterocycles. The van der Waals surface area contributed by atoms with Crippen LogP contribution in [0.5, 0.6) is 11.5 Å². The number of nitrogens with one attached hydrogen (secondary N) is 1. The minimum absolute atomic E-state index is 0.185. The lowest BCUT2D eigenvalue weighted by molar-refractivity contribution is 0.0983. The molecular weight excluding hydrogens is 454 g/mol. The van der Waals surface area contributed by atoms with Gasteiger partial charge in [0.05, 0.1) is 23.4 Å². The van der Waals surface area contributed by atoms with E-state index in [1.165, 1.54) is 0 Å². The van der Waals surface area contributed by atoms with Crippen LogP contribution in [0.25, 0.3) is 32.9 Å². The molecule has 180 valence electrons. The Balaban J connectivity index is 1.62. The van der Waals surface area contributed by atoms with Crippen LogP contribution in [0.4, 0.5) is 5.69 Å². The quantitative estimate of drug-likeness (QED) is 0.372. The first-order chi connectivity index (χ1) is 17.4. The number of hydrogen-bond acceptors (Lipinski definition) is 4. The molecule has 3 aromatic heterocycles. The number of carbonyl (C=O) groups excluding carboxylic acids is 1. The lowest BCUT2D eigenvalue weighted by Gasteiger charge is -2.25. The van der Waals surface area contributed by atoms with E-state index in [1.54, 1.807) is 22.6 Å². The van der Waals surface area contributed by atoms with Gasteiger partial charge in [-0.1, -0.05) is 12.1 Å². The lowest BCUT2D eigenvalue weighted by Crippen LogP contribution is -2.31. The fraction of sp³-hybridized carbons (Fsp3) is 0.250. The number of carbonyl (C=O) groups is 1. The minimum atomic E-state index is -0.211. The van der Waals surface area contributed by atoms with Crippen molar-refractivity contribution in [2.45, 2.75) is 32.7 Å². The van der Waals surface area contributed by atoms with E-state index in [-0.39, 0.29) is 11.5 Å². The number of ether oxygens (including phenoxy) is 1. The normalized spacial score (nSPS) is 15.2. The van der Waals surface area contributed by atoms with Crippen molar-refractivity contribution in [3.63, 3.8) is 0 Å². The van der Waals surface area contributed by atoms with Gasteiger partial charge in [0, 0.05) is 41.7 Å². The maximum Gasteiger partial charge on any atom is 0.274 e. The molecule has 0 spiro atoms. The summed E-state index contributed by atoms with van der Waals surface area (Å²) in [6.45, 7) is 4.36. The number of H-pyrrole nitrogens is 1. The number of pyridine rings is 1. The Hall–Kier alpha value is -4.33. The van der Waals surface area contributed by atoms with Gasteiger partial charge in [0.1, 0.15) is 17.0 Å². The SMILES string of the molecule is CCN1C(=O)c2cc3c(cn(C)c(=O)c3[nH]2)-c2cc3c(cnn3C3CC3)cc2Oc2c(C)cccc21. The number of rotatable bonds is 2. The van der Waals surface area contributed by atoms with Gasteiger partial charge in [0.2, 0.25) is 0 Å². The van der Waals surface area contributed by atoms with Gasteiger partial charge in [0.25, 0.3) is 11.5 Å². The molecule has 1 aliphatic carbocycles. The van der Waals surface area contributed by atoms with Crippen LogP contribution in [-0.4, -0.2) is 31.8 Å². The standard InChI is InChI=1S/C28H25N5O3/c1-4-32-22-7-5-6-15(2)26(22)36-24-10-16-13-29-33(17-8-9-17)23(16)12-18(24)20-14-31(3)28(35)25-19(20)11-21(30-25)27(32)34/h5-7,10-14,17,30H,4,8-9H2,1-3H3. The number of aryl methyl sites for hydroxylation is 2. The van der Waals surface area contributed by atoms with E-state index < -0.39 is 0 Å². The van der Waals surface area contributed by atoms with Crippen molar-refractivity contribution in [1.29, 1.82) is 0 Å². The summed E-state index contributed by atoms with van der Waals surface area (Å²) < 4.78 is 10.3. The molecule has 0 radical (unpaired) electrons. The van der Waals surface area contributed by atoms with E-state index in [0.717, 1.165) is 40.4 Å². The van der Waals surface area contributed by atoms with Crippen LogP contribution in [0.15, 0.2) is 53.6 Å². The number of nitrogens with zero attached hydrogens (tertiary/aromatic N) is 4. The molecule has 1 amide bonds. The largest absolute Gasteiger partial charge is 0.454 e. The van der Waals surface area contributed by atoms with Crippen molar-refractivity contribution in [2.24, 2.45) is 7.05 Å². The zero-order valence-corrected chi connectivity index (χ0v) is 20.3. The predicted molar refractivity (Wildman–Crippen MR) is 139 cm³/mol. The highest BCUT2D eigenvalue weighted by atomic mass is 16.5. The van der Waals surface area contributed by atoms with E-state index in [1.807, 2.05) is 50.5 Å². The Bertz CT molecular complexity index is 1790. The second-order valence-electron chi connectivity index (χ2n) is 9.73. The Morgan fingerprint density at radius 1 is 1.14 bits per heavy atom. The third kappa shape index (κ3) is 2.90. The van der Waals surface area contributed by atoms with Gasteiger partial charge in [-0.25, -0.2) is 0 Å². The van der Waals surface area contributed by atoms with Crippen molar-refractivity contribution in [3.8, 4) is 22.6 Å². The molecule has 0 unspecified atom stereocenters. The number of aromatic amines is 1. The van der Waals surface area contributed by atoms with E-state index in [4.69, 9.17) is 4.74 Å². The van der Waals surface area contributed by atoms with Gasteiger partial charge in [-0.2, -0.15) is 5.10 Å². The Labute approximate surface area is 206 Å². The van der Waals surface area contributed by atoms with Gasteiger partial charge in [-0.3, -0.25) is 14.3 Å². The summed E-state index contributed by atoms with van der Waals surface area (Å²) in [5.41, 5.74) is 4.91. The maximum atomic E-state index is 13.7. The van der Waals surface area contributed by atoms with Crippen LogP contribution in [0.3, 0.4) is 0 Å². The highest BCUT2D eigenvalue weighted by molar-refractivity contribution is 6.10. The van der Waals surface area contributed by atoms with Gasteiger partial charge in [-0.15, -0.1) is 0 Å². The summed E-state index contributed by atoms with van der Waals surface area (Å²) >= 11 is 0. The van der Waals surface area contributed by atoms with Crippen LogP contribution in [-0.2, 0) is 7.05 Å². The second-order valence-corrected chi connectivity index (χ2v) is 9.73. The molecule has 1 aliphatic heterocycles. The first-order valence-corrected chi connectivity index (χ1v) is 12.3. The highest BCUT2D eigenvalue weighted by Gasteiger charge is 2.29. The topological polar surface area (TPSA) is 85.2 Å². The van der Waals surface area contributed by atoms with Crippen LogP contribution >= 0.6 is 0 Å². The van der Waals surface area contributed by atoms with Crippen molar-refractivity contribution in [1.82, 2.24) is 19.3 Å². The number of anilines is 1. The average molecular weight is 480 g/mol. The first kappa shape index (κ1) is 21.0. The minimum Gasteiger partial charge on any atom is -0.454 e. The van der Waals surface area contributed by atoms with E-state index in [0.29, 0.717) is 46.4 Å². The summed E-state index contributed by atoms with van der Waals surface area (Å²) in [4.78, 5) is 31.6. The average Bonchev–Trinajstić information content (AvgIpc) is 3.47. The van der Waals surface area contributed by atoms with Crippen LogP contribution in [0.2, 0.25) is 0 Å². The molecular formula is C28H25N5O3. The highest BCUT2D eigenvalue weighted by Crippen LogP contribution is 2.45. The molecule has 0 atom stereocenters. The van der Waals surface area contributed by atoms with Crippen molar-refractivity contribution in [3.05, 3.63) is 70.4 Å². The second kappa shape index (κ2) is 7.34. The third-order valence-corrected chi connectivity index (χ3v) is 7.33. The molecule has 2 aliphatic rings. The first-order valence-electron chi connectivity index (χ1n) is 12.3. The Morgan fingerprint density at radius 3 is 2.75 bits per heavy atom. The van der Waals surface area contributed by atoms with Crippen molar-refractivity contribution < 1.29 is 9.53 Å². The van der Waals surface area contributed by atoms with Crippen LogP contribution in [0.1, 0.15) is 41.9 Å². The Kier molecular flexibility index (Phi) is 4.28. The van der Waals surface area contributed by atoms with Gasteiger partial charge < -0.3 is 19.2 Å². The van der Waals surface area contributed by atoms with E-state index in [9.17, 15) is 9.59 Å². The van der Waals surface area contributed by atoms with Crippen molar-refractivity contribution in [2.75, 3.05) is 11.4 Å². The van der Waals surface area contributed by atoms with E-state index >= 15 is 0 Å². The molecule has 8 nitrogen and oxygen atoms in total. The fourth-order valence-electron chi connectivity index (χ4n) is 5.30. The Morgan fingerprint density at radius 2 is 1.97 bits per heavy atom. The molecule has 2 bridgehead atoms. The number of hydrogen-bond donors (Lipinski definition) is 1. The van der Waals surface area contributed by atoms with E-state index in [2.05, 4.69) is 20.8 Å². The number of fused-ring (bicyclic) bond motifs is 5.